The quantitative estimate of drug-likeness (QED) is 0.809. The molecular formula is C15H13ClF3NO2. The maximum atomic E-state index is 12.5. The molecule has 1 aromatic heterocycles. The number of pyridine rings is 1. The lowest BCUT2D eigenvalue weighted by Gasteiger charge is -2.12. The molecule has 0 aliphatic rings. The Bertz CT molecular complexity index is 647. The van der Waals surface area contributed by atoms with Crippen LogP contribution in [0.15, 0.2) is 36.5 Å². The normalized spacial score (nSPS) is 11.5. The first kappa shape index (κ1) is 16.6. The number of nitrogens with zero attached hydrogens (tertiary/aromatic N) is 1. The topological polar surface area (TPSA) is 31.4 Å². The van der Waals surface area contributed by atoms with Gasteiger partial charge in [-0.15, -0.1) is 0 Å². The summed E-state index contributed by atoms with van der Waals surface area (Å²) in [6.07, 6.45) is -3.79. The number of aromatic nitrogens is 1. The first-order chi connectivity index (χ1) is 10.4. The smallest absolute Gasteiger partial charge is 0.417 e. The van der Waals surface area contributed by atoms with Crippen molar-refractivity contribution in [3.63, 3.8) is 0 Å². The van der Waals surface area contributed by atoms with Gasteiger partial charge in [0.2, 0.25) is 5.88 Å². The number of methoxy groups -OCH3 is 1. The van der Waals surface area contributed by atoms with Gasteiger partial charge in [-0.2, -0.15) is 13.2 Å². The third-order valence-electron chi connectivity index (χ3n) is 2.92. The number of hydrogen-bond donors (Lipinski definition) is 0. The van der Waals surface area contributed by atoms with E-state index in [4.69, 9.17) is 21.1 Å². The molecule has 1 aromatic carbocycles. The molecule has 0 unspecified atom stereocenters. The van der Waals surface area contributed by atoms with E-state index in [2.05, 4.69) is 4.98 Å². The monoisotopic (exact) mass is 331 g/mol. The highest BCUT2D eigenvalue weighted by atomic mass is 35.5. The molecule has 0 atom stereocenters. The van der Waals surface area contributed by atoms with Crippen LogP contribution in [-0.4, -0.2) is 12.1 Å². The maximum absolute atomic E-state index is 12.5. The summed E-state index contributed by atoms with van der Waals surface area (Å²) in [5.74, 6) is -0.0399. The predicted octanol–water partition coefficient (Wildman–Crippen LogP) is 4.48. The number of hydrogen-bond acceptors (Lipinski definition) is 3. The Morgan fingerprint density at radius 1 is 1.14 bits per heavy atom. The van der Waals surface area contributed by atoms with Crippen molar-refractivity contribution in [3.8, 4) is 5.88 Å². The second kappa shape index (κ2) is 6.98. The highest BCUT2D eigenvalue weighted by Crippen LogP contribution is 2.33. The molecule has 0 aliphatic heterocycles. The fourth-order valence-corrected chi connectivity index (χ4v) is 2.05. The van der Waals surface area contributed by atoms with Crippen LogP contribution in [0.4, 0.5) is 13.2 Å². The number of halogens is 4. The molecule has 0 fully saturated rings. The minimum Gasteiger partial charge on any atom is -0.472 e. The van der Waals surface area contributed by atoms with E-state index in [9.17, 15) is 13.2 Å². The minimum atomic E-state index is -4.49. The van der Waals surface area contributed by atoms with Crippen LogP contribution in [0, 0.1) is 0 Å². The van der Waals surface area contributed by atoms with Gasteiger partial charge >= 0.3 is 6.18 Å². The van der Waals surface area contributed by atoms with Crippen LogP contribution in [0.1, 0.15) is 16.7 Å². The van der Waals surface area contributed by atoms with Gasteiger partial charge in [0.25, 0.3) is 0 Å². The summed E-state index contributed by atoms with van der Waals surface area (Å²) in [6.45, 7) is 0.547. The first-order valence-electron chi connectivity index (χ1n) is 6.33. The van der Waals surface area contributed by atoms with E-state index in [1.807, 2.05) is 24.3 Å². The molecule has 22 heavy (non-hydrogen) atoms. The van der Waals surface area contributed by atoms with Gasteiger partial charge in [-0.25, -0.2) is 4.98 Å². The van der Waals surface area contributed by atoms with E-state index in [0.717, 1.165) is 17.2 Å². The van der Waals surface area contributed by atoms with E-state index >= 15 is 0 Å². The Balaban J connectivity index is 2.12. The van der Waals surface area contributed by atoms with Crippen LogP contribution in [0.3, 0.4) is 0 Å². The number of benzene rings is 1. The van der Waals surface area contributed by atoms with E-state index in [0.29, 0.717) is 12.8 Å². The third kappa shape index (κ3) is 4.11. The summed E-state index contributed by atoms with van der Waals surface area (Å²) in [5, 5.41) is -0.181. The summed E-state index contributed by atoms with van der Waals surface area (Å²) in [5.41, 5.74) is 0.861. The molecule has 0 aliphatic carbocycles. The second-order valence-electron chi connectivity index (χ2n) is 4.50. The molecule has 0 radical (unpaired) electrons. The fraction of sp³-hybridized carbons (Fsp3) is 0.267. The van der Waals surface area contributed by atoms with Gasteiger partial charge in [0, 0.05) is 13.3 Å². The van der Waals surface area contributed by atoms with Crippen LogP contribution < -0.4 is 4.74 Å². The fourth-order valence-electron chi connectivity index (χ4n) is 1.83. The van der Waals surface area contributed by atoms with Crippen molar-refractivity contribution in [2.75, 3.05) is 7.11 Å². The molecule has 7 heteroatoms. The molecule has 0 spiro atoms. The average Bonchev–Trinajstić information content (AvgIpc) is 2.46. The Hall–Kier alpha value is -1.79. The van der Waals surface area contributed by atoms with Gasteiger partial charge in [-0.1, -0.05) is 35.9 Å². The molecule has 2 rings (SSSR count). The van der Waals surface area contributed by atoms with Crippen molar-refractivity contribution in [2.45, 2.75) is 19.4 Å². The van der Waals surface area contributed by atoms with Gasteiger partial charge in [0.1, 0.15) is 11.6 Å². The maximum Gasteiger partial charge on any atom is 0.417 e. The lowest BCUT2D eigenvalue weighted by atomic mass is 10.1. The average molecular weight is 332 g/mol. The summed E-state index contributed by atoms with van der Waals surface area (Å²) in [7, 11) is 1.58. The van der Waals surface area contributed by atoms with Gasteiger partial charge in [0.05, 0.1) is 12.2 Å². The van der Waals surface area contributed by atoms with Crippen LogP contribution in [-0.2, 0) is 24.1 Å². The zero-order valence-corrected chi connectivity index (χ0v) is 12.4. The van der Waals surface area contributed by atoms with E-state index in [1.54, 1.807) is 7.11 Å². The predicted molar refractivity (Wildman–Crippen MR) is 75.7 cm³/mol. The molecule has 1 heterocycles. The lowest BCUT2D eigenvalue weighted by molar-refractivity contribution is -0.137. The summed E-state index contributed by atoms with van der Waals surface area (Å²) >= 11 is 5.79. The molecule has 0 saturated carbocycles. The highest BCUT2D eigenvalue weighted by molar-refractivity contribution is 6.31. The van der Waals surface area contributed by atoms with E-state index < -0.39 is 11.7 Å². The number of alkyl halides is 3. The largest absolute Gasteiger partial charge is 0.472 e. The summed E-state index contributed by atoms with van der Waals surface area (Å²) < 4.78 is 48.1. The summed E-state index contributed by atoms with van der Waals surface area (Å²) in [6, 6.07) is 8.21. The second-order valence-corrected chi connectivity index (χ2v) is 4.91. The van der Waals surface area contributed by atoms with Gasteiger partial charge < -0.3 is 9.47 Å². The lowest BCUT2D eigenvalue weighted by Crippen LogP contribution is -2.07. The van der Waals surface area contributed by atoms with Crippen molar-refractivity contribution >= 4 is 11.6 Å². The Morgan fingerprint density at radius 3 is 2.32 bits per heavy atom. The number of ether oxygens (including phenoxy) is 2. The van der Waals surface area contributed by atoms with Crippen molar-refractivity contribution in [2.24, 2.45) is 0 Å². The van der Waals surface area contributed by atoms with Crippen molar-refractivity contribution in [3.05, 3.63) is 58.2 Å². The van der Waals surface area contributed by atoms with E-state index in [-0.39, 0.29) is 17.5 Å². The van der Waals surface area contributed by atoms with Crippen LogP contribution in [0.25, 0.3) is 0 Å². The highest BCUT2D eigenvalue weighted by Gasteiger charge is 2.31. The molecule has 0 amide bonds. The summed E-state index contributed by atoms with van der Waals surface area (Å²) in [4.78, 5) is 3.63. The Morgan fingerprint density at radius 2 is 1.77 bits per heavy atom. The number of rotatable bonds is 5. The Kier molecular flexibility index (Phi) is 5.26. The minimum absolute atomic E-state index is 0.0399. The van der Waals surface area contributed by atoms with Crippen LogP contribution in [0.5, 0.6) is 5.88 Å². The zero-order valence-electron chi connectivity index (χ0n) is 11.7. The van der Waals surface area contributed by atoms with Crippen LogP contribution >= 0.6 is 11.6 Å². The zero-order chi connectivity index (χ0) is 16.2. The van der Waals surface area contributed by atoms with Gasteiger partial charge in [0.15, 0.2) is 0 Å². The van der Waals surface area contributed by atoms with Crippen molar-refractivity contribution in [1.82, 2.24) is 4.98 Å². The Labute approximate surface area is 130 Å². The molecule has 118 valence electrons. The van der Waals surface area contributed by atoms with Crippen molar-refractivity contribution < 1.29 is 22.6 Å². The third-order valence-corrected chi connectivity index (χ3v) is 3.19. The molecule has 3 nitrogen and oxygen atoms in total. The molecule has 0 saturated heterocycles. The standard InChI is InChI=1S/C15H13ClF3NO2/c1-21-8-10-4-2-3-5-11(10)9-22-14-13(16)6-12(7-20-14)15(17,18)19/h2-7H,8-9H2,1H3. The van der Waals surface area contributed by atoms with E-state index in [1.165, 1.54) is 0 Å². The van der Waals surface area contributed by atoms with Gasteiger partial charge in [-0.3, -0.25) is 0 Å². The SMILES string of the molecule is COCc1ccccc1COc1ncc(C(F)(F)F)cc1Cl. The molecule has 0 bridgehead atoms. The van der Waals surface area contributed by atoms with Crippen molar-refractivity contribution in [1.29, 1.82) is 0 Å². The first-order valence-corrected chi connectivity index (χ1v) is 6.71. The van der Waals surface area contributed by atoms with Crippen LogP contribution in [0.2, 0.25) is 5.02 Å². The molecule has 2 aromatic rings. The molecule has 0 N–H and O–H groups in total. The van der Waals surface area contributed by atoms with Gasteiger partial charge in [-0.05, 0) is 17.2 Å². The molecular weight excluding hydrogens is 319 g/mol.